The standard InChI is InChI=1S/C23H29N3O/c1-25-16-23(20-6-2-3-7-21(20)25)9-11-26(12-10-23)15-18-13-17-5-4-8-22(27)19(17)14-24-18/h2-8,18,24,27H,9-16H2,1H3. The fourth-order valence-corrected chi connectivity index (χ4v) is 5.51. The van der Waals surface area contributed by atoms with Crippen molar-refractivity contribution in [1.29, 1.82) is 0 Å². The average Bonchev–Trinajstić information content (AvgIpc) is 2.96. The second-order valence-electron chi connectivity index (χ2n) is 8.65. The second kappa shape index (κ2) is 6.54. The van der Waals surface area contributed by atoms with Crippen LogP contribution in [0.4, 0.5) is 5.69 Å². The van der Waals surface area contributed by atoms with Crippen molar-refractivity contribution in [2.24, 2.45) is 0 Å². The van der Waals surface area contributed by atoms with Crippen LogP contribution in [0.15, 0.2) is 42.5 Å². The fraction of sp³-hybridized carbons (Fsp3) is 0.478. The third-order valence-corrected chi connectivity index (χ3v) is 7.00. The van der Waals surface area contributed by atoms with Crippen LogP contribution in [-0.4, -0.2) is 49.3 Å². The van der Waals surface area contributed by atoms with Gasteiger partial charge in [0.15, 0.2) is 0 Å². The van der Waals surface area contributed by atoms with E-state index in [0.29, 0.717) is 17.2 Å². The van der Waals surface area contributed by atoms with Crippen molar-refractivity contribution in [1.82, 2.24) is 10.2 Å². The number of fused-ring (bicyclic) bond motifs is 3. The number of anilines is 1. The van der Waals surface area contributed by atoms with Gasteiger partial charge >= 0.3 is 0 Å². The number of phenolic OH excluding ortho intramolecular Hbond substituents is 1. The predicted molar refractivity (Wildman–Crippen MR) is 110 cm³/mol. The Hall–Kier alpha value is -2.04. The van der Waals surface area contributed by atoms with Gasteiger partial charge in [0.25, 0.3) is 0 Å². The summed E-state index contributed by atoms with van der Waals surface area (Å²) in [6, 6.07) is 15.4. The summed E-state index contributed by atoms with van der Waals surface area (Å²) in [5.41, 5.74) is 5.72. The van der Waals surface area contributed by atoms with E-state index in [1.54, 1.807) is 11.6 Å². The average molecular weight is 364 g/mol. The molecule has 2 aromatic carbocycles. The number of para-hydroxylation sites is 1. The molecule has 4 heteroatoms. The number of hydrogen-bond acceptors (Lipinski definition) is 4. The molecular formula is C23H29N3O. The van der Waals surface area contributed by atoms with E-state index in [-0.39, 0.29) is 0 Å². The zero-order chi connectivity index (χ0) is 18.4. The van der Waals surface area contributed by atoms with Crippen LogP contribution in [0, 0.1) is 0 Å². The van der Waals surface area contributed by atoms with Gasteiger partial charge in [-0.3, -0.25) is 0 Å². The van der Waals surface area contributed by atoms with Crippen LogP contribution in [-0.2, 0) is 18.4 Å². The largest absolute Gasteiger partial charge is 0.508 e. The number of aromatic hydroxyl groups is 1. The number of likely N-dealkylation sites (tertiary alicyclic amines) is 1. The maximum atomic E-state index is 10.0. The Bertz CT molecular complexity index is 841. The van der Waals surface area contributed by atoms with Crippen LogP contribution in [0.5, 0.6) is 5.75 Å². The van der Waals surface area contributed by atoms with Gasteiger partial charge in [0.2, 0.25) is 0 Å². The summed E-state index contributed by atoms with van der Waals surface area (Å²) >= 11 is 0. The molecule has 3 aliphatic heterocycles. The highest BCUT2D eigenvalue weighted by molar-refractivity contribution is 5.62. The number of piperidine rings is 1. The number of phenols is 1. The maximum absolute atomic E-state index is 10.0. The molecule has 0 aliphatic carbocycles. The van der Waals surface area contributed by atoms with Gasteiger partial charge in [-0.15, -0.1) is 0 Å². The monoisotopic (exact) mass is 363 g/mol. The van der Waals surface area contributed by atoms with Gasteiger partial charge in [-0.2, -0.15) is 0 Å². The van der Waals surface area contributed by atoms with E-state index >= 15 is 0 Å². The number of nitrogens with zero attached hydrogens (tertiary/aromatic N) is 2. The molecule has 0 bridgehead atoms. The summed E-state index contributed by atoms with van der Waals surface area (Å²) in [5.74, 6) is 0.433. The summed E-state index contributed by atoms with van der Waals surface area (Å²) in [6.45, 7) is 5.39. The quantitative estimate of drug-likeness (QED) is 0.861. The topological polar surface area (TPSA) is 38.7 Å². The first kappa shape index (κ1) is 17.1. The Morgan fingerprint density at radius 3 is 2.78 bits per heavy atom. The smallest absolute Gasteiger partial charge is 0.120 e. The van der Waals surface area contributed by atoms with Crippen LogP contribution in [0.25, 0.3) is 0 Å². The highest BCUT2D eigenvalue weighted by Crippen LogP contribution is 2.46. The van der Waals surface area contributed by atoms with E-state index in [0.717, 1.165) is 31.6 Å². The molecule has 0 amide bonds. The van der Waals surface area contributed by atoms with E-state index in [4.69, 9.17) is 0 Å². The normalized spacial score (nSPS) is 24.0. The minimum absolute atomic E-state index is 0.347. The molecule has 1 unspecified atom stereocenters. The first-order valence-electron chi connectivity index (χ1n) is 10.2. The van der Waals surface area contributed by atoms with Crippen LogP contribution >= 0.6 is 0 Å². The van der Waals surface area contributed by atoms with Crippen molar-refractivity contribution in [2.45, 2.75) is 37.3 Å². The summed E-state index contributed by atoms with van der Waals surface area (Å²) in [4.78, 5) is 5.08. The molecule has 0 radical (unpaired) electrons. The molecule has 1 saturated heterocycles. The number of hydrogen-bond donors (Lipinski definition) is 2. The van der Waals surface area contributed by atoms with Gasteiger partial charge in [-0.05, 0) is 55.6 Å². The molecule has 0 saturated carbocycles. The molecule has 3 aliphatic rings. The minimum Gasteiger partial charge on any atom is -0.508 e. The van der Waals surface area contributed by atoms with Gasteiger partial charge < -0.3 is 20.2 Å². The number of rotatable bonds is 2. The number of nitrogens with one attached hydrogen (secondary N) is 1. The molecule has 2 N–H and O–H groups in total. The molecule has 1 fully saturated rings. The molecule has 2 aromatic rings. The molecule has 5 rings (SSSR count). The van der Waals surface area contributed by atoms with Crippen molar-refractivity contribution in [3.05, 3.63) is 59.2 Å². The van der Waals surface area contributed by atoms with E-state index in [1.807, 2.05) is 6.07 Å². The van der Waals surface area contributed by atoms with Crippen molar-refractivity contribution in [3.63, 3.8) is 0 Å². The second-order valence-corrected chi connectivity index (χ2v) is 8.65. The highest BCUT2D eigenvalue weighted by Gasteiger charge is 2.43. The highest BCUT2D eigenvalue weighted by atomic mass is 16.3. The summed E-state index contributed by atoms with van der Waals surface area (Å²) < 4.78 is 0. The Morgan fingerprint density at radius 2 is 1.93 bits per heavy atom. The first-order valence-corrected chi connectivity index (χ1v) is 10.2. The lowest BCUT2D eigenvalue weighted by atomic mass is 9.74. The summed E-state index contributed by atoms with van der Waals surface area (Å²) in [7, 11) is 2.23. The van der Waals surface area contributed by atoms with E-state index in [2.05, 4.69) is 52.5 Å². The lowest BCUT2D eigenvalue weighted by molar-refractivity contribution is 0.150. The zero-order valence-electron chi connectivity index (χ0n) is 16.1. The Morgan fingerprint density at radius 1 is 1.11 bits per heavy atom. The first-order chi connectivity index (χ1) is 13.1. The van der Waals surface area contributed by atoms with Crippen LogP contribution < -0.4 is 10.2 Å². The van der Waals surface area contributed by atoms with E-state index in [9.17, 15) is 5.11 Å². The fourth-order valence-electron chi connectivity index (χ4n) is 5.51. The van der Waals surface area contributed by atoms with Gasteiger partial charge in [0, 0.05) is 49.4 Å². The Kier molecular flexibility index (Phi) is 4.14. The third-order valence-electron chi connectivity index (χ3n) is 7.00. The molecule has 142 valence electrons. The van der Waals surface area contributed by atoms with Crippen LogP contribution in [0.3, 0.4) is 0 Å². The summed E-state index contributed by atoms with van der Waals surface area (Å²) in [5, 5.41) is 13.7. The van der Waals surface area contributed by atoms with E-state index in [1.165, 1.54) is 37.2 Å². The summed E-state index contributed by atoms with van der Waals surface area (Å²) in [6.07, 6.45) is 3.51. The lowest BCUT2D eigenvalue weighted by Crippen LogP contribution is -2.50. The zero-order valence-corrected chi connectivity index (χ0v) is 16.1. The predicted octanol–water partition coefficient (Wildman–Crippen LogP) is 2.89. The van der Waals surface area contributed by atoms with Crippen molar-refractivity contribution in [2.75, 3.05) is 38.1 Å². The third kappa shape index (κ3) is 2.91. The molecule has 4 nitrogen and oxygen atoms in total. The minimum atomic E-state index is 0.347. The van der Waals surface area contributed by atoms with Crippen LogP contribution in [0.2, 0.25) is 0 Å². The van der Waals surface area contributed by atoms with Gasteiger partial charge in [0.05, 0.1) is 0 Å². The van der Waals surface area contributed by atoms with Crippen molar-refractivity contribution < 1.29 is 5.11 Å². The molecular weight excluding hydrogens is 334 g/mol. The van der Waals surface area contributed by atoms with Crippen molar-refractivity contribution >= 4 is 5.69 Å². The lowest BCUT2D eigenvalue weighted by Gasteiger charge is -2.41. The van der Waals surface area contributed by atoms with Crippen LogP contribution in [0.1, 0.15) is 29.5 Å². The Balaban J connectivity index is 1.24. The van der Waals surface area contributed by atoms with Gasteiger partial charge in [-0.1, -0.05) is 30.3 Å². The number of benzene rings is 2. The molecule has 1 atom stereocenters. The Labute approximate surface area is 161 Å². The number of likely N-dealkylation sites (N-methyl/N-ethyl adjacent to an activating group) is 1. The molecule has 3 heterocycles. The molecule has 27 heavy (non-hydrogen) atoms. The van der Waals surface area contributed by atoms with Gasteiger partial charge in [0.1, 0.15) is 5.75 Å². The van der Waals surface area contributed by atoms with Gasteiger partial charge in [-0.25, -0.2) is 0 Å². The van der Waals surface area contributed by atoms with E-state index < -0.39 is 0 Å². The molecule has 1 spiro atoms. The molecule has 0 aromatic heterocycles. The van der Waals surface area contributed by atoms with Crippen molar-refractivity contribution in [3.8, 4) is 5.75 Å². The SMILES string of the molecule is CN1CC2(CCN(CC3Cc4cccc(O)c4CN3)CC2)c2ccccc21. The maximum Gasteiger partial charge on any atom is 0.120 e.